The van der Waals surface area contributed by atoms with Crippen LogP contribution in [0.3, 0.4) is 0 Å². The predicted octanol–water partition coefficient (Wildman–Crippen LogP) is 0.924. The quantitative estimate of drug-likeness (QED) is 0.746. The molecule has 4 N–H and O–H groups in total. The fourth-order valence-electron chi connectivity index (χ4n) is 1.98. The summed E-state index contributed by atoms with van der Waals surface area (Å²) in [5.74, 6) is -1.03. The summed E-state index contributed by atoms with van der Waals surface area (Å²) in [7, 11) is 0. The fourth-order valence-corrected chi connectivity index (χ4v) is 1.98. The van der Waals surface area contributed by atoms with Gasteiger partial charge in [-0.2, -0.15) is 0 Å². The summed E-state index contributed by atoms with van der Waals surface area (Å²) in [6.45, 7) is -0.107. The number of rotatable bonds is 5. The molecule has 5 heteroatoms. The van der Waals surface area contributed by atoms with Crippen molar-refractivity contribution < 1.29 is 15.0 Å². The number of hydrogen-bond acceptors (Lipinski definition) is 3. The number of nitrogens with zero attached hydrogens (tertiary/aromatic N) is 1. The average Bonchev–Trinajstić information content (AvgIpc) is 2.92. The van der Waals surface area contributed by atoms with Gasteiger partial charge >= 0.3 is 5.97 Å². The average molecular weight is 260 g/mol. The van der Waals surface area contributed by atoms with Gasteiger partial charge in [-0.05, 0) is 30.2 Å². The number of benzene rings is 1. The molecule has 2 rings (SSSR count). The van der Waals surface area contributed by atoms with E-state index in [1.165, 1.54) is 0 Å². The Labute approximate surface area is 110 Å². The smallest absolute Gasteiger partial charge is 0.320 e. The van der Waals surface area contributed by atoms with Crippen LogP contribution >= 0.6 is 0 Å². The first kappa shape index (κ1) is 13.3. The highest BCUT2D eigenvalue weighted by molar-refractivity contribution is 5.73. The Morgan fingerprint density at radius 1 is 1.32 bits per heavy atom. The van der Waals surface area contributed by atoms with Crippen LogP contribution in [0.5, 0.6) is 0 Å². The Bertz CT molecular complexity index is 564. The SMILES string of the molecule is N[C@@H](Cc1ccc(-n2cccc2)c(CO)c1)C(=O)O. The minimum absolute atomic E-state index is 0.107. The van der Waals surface area contributed by atoms with Crippen molar-refractivity contribution in [2.24, 2.45) is 5.73 Å². The molecule has 1 atom stereocenters. The Hall–Kier alpha value is -2.11. The van der Waals surface area contributed by atoms with E-state index in [0.717, 1.165) is 16.8 Å². The molecule has 0 aliphatic rings. The van der Waals surface area contributed by atoms with Gasteiger partial charge < -0.3 is 20.5 Å². The molecule has 0 saturated carbocycles. The molecule has 0 saturated heterocycles. The first-order valence-corrected chi connectivity index (χ1v) is 5.96. The van der Waals surface area contributed by atoms with Gasteiger partial charge in [-0.1, -0.05) is 12.1 Å². The van der Waals surface area contributed by atoms with Gasteiger partial charge in [-0.25, -0.2) is 0 Å². The third-order valence-corrected chi connectivity index (χ3v) is 2.97. The van der Waals surface area contributed by atoms with Gasteiger partial charge in [0.2, 0.25) is 0 Å². The minimum Gasteiger partial charge on any atom is -0.480 e. The van der Waals surface area contributed by atoms with Crippen molar-refractivity contribution in [2.75, 3.05) is 0 Å². The van der Waals surface area contributed by atoms with Crippen molar-refractivity contribution in [3.05, 3.63) is 53.9 Å². The molecule has 0 bridgehead atoms. The van der Waals surface area contributed by atoms with E-state index in [1.54, 1.807) is 6.07 Å². The van der Waals surface area contributed by atoms with Gasteiger partial charge in [0.05, 0.1) is 12.3 Å². The highest BCUT2D eigenvalue weighted by atomic mass is 16.4. The van der Waals surface area contributed by atoms with E-state index in [2.05, 4.69) is 0 Å². The zero-order chi connectivity index (χ0) is 13.8. The molecule has 0 fully saturated rings. The third kappa shape index (κ3) is 3.01. The summed E-state index contributed by atoms with van der Waals surface area (Å²) in [5.41, 5.74) is 7.92. The zero-order valence-corrected chi connectivity index (χ0v) is 10.4. The van der Waals surface area contributed by atoms with Gasteiger partial charge in [-0.3, -0.25) is 4.79 Å². The van der Waals surface area contributed by atoms with E-state index >= 15 is 0 Å². The molecule has 2 aromatic rings. The van der Waals surface area contributed by atoms with Crippen molar-refractivity contribution >= 4 is 5.97 Å². The van der Waals surface area contributed by atoms with Crippen LogP contribution in [0.4, 0.5) is 0 Å². The number of hydrogen-bond donors (Lipinski definition) is 3. The molecular formula is C14H16N2O3. The molecule has 0 unspecified atom stereocenters. The lowest BCUT2D eigenvalue weighted by molar-refractivity contribution is -0.138. The number of aliphatic hydroxyl groups excluding tert-OH is 1. The van der Waals surface area contributed by atoms with E-state index in [-0.39, 0.29) is 13.0 Å². The van der Waals surface area contributed by atoms with E-state index in [1.807, 2.05) is 41.2 Å². The second-order valence-electron chi connectivity index (χ2n) is 4.36. The first-order chi connectivity index (χ1) is 9.11. The lowest BCUT2D eigenvalue weighted by Gasteiger charge is -2.12. The lowest BCUT2D eigenvalue weighted by atomic mass is 10.0. The summed E-state index contributed by atoms with van der Waals surface area (Å²) in [6, 6.07) is 8.35. The zero-order valence-electron chi connectivity index (χ0n) is 10.4. The molecule has 5 nitrogen and oxygen atoms in total. The normalized spacial score (nSPS) is 12.3. The highest BCUT2D eigenvalue weighted by Gasteiger charge is 2.13. The second kappa shape index (κ2) is 5.69. The van der Waals surface area contributed by atoms with Crippen LogP contribution in [0.15, 0.2) is 42.7 Å². The highest BCUT2D eigenvalue weighted by Crippen LogP contribution is 2.18. The van der Waals surface area contributed by atoms with Gasteiger partial charge in [0.15, 0.2) is 0 Å². The van der Waals surface area contributed by atoms with Gasteiger partial charge in [0.25, 0.3) is 0 Å². The van der Waals surface area contributed by atoms with Gasteiger partial charge in [-0.15, -0.1) is 0 Å². The Kier molecular flexibility index (Phi) is 3.99. The summed E-state index contributed by atoms with van der Waals surface area (Å²) in [4.78, 5) is 10.7. The largest absolute Gasteiger partial charge is 0.480 e. The van der Waals surface area contributed by atoms with Crippen molar-refractivity contribution in [2.45, 2.75) is 19.1 Å². The minimum atomic E-state index is -1.03. The number of aliphatic hydroxyl groups is 1. The summed E-state index contributed by atoms with van der Waals surface area (Å²) >= 11 is 0. The molecule has 0 aliphatic carbocycles. The van der Waals surface area contributed by atoms with Gasteiger partial charge in [0.1, 0.15) is 6.04 Å². The maximum atomic E-state index is 10.7. The standard InChI is InChI=1S/C14H16N2O3/c15-12(14(18)19)8-10-3-4-13(11(7-10)9-17)16-5-1-2-6-16/h1-7,12,17H,8-9,15H2,(H,18,19)/t12-/m0/s1. The van der Waals surface area contributed by atoms with Crippen LogP contribution < -0.4 is 5.73 Å². The number of carboxylic acid groups (broad SMARTS) is 1. The number of carboxylic acids is 1. The van der Waals surface area contributed by atoms with E-state index < -0.39 is 12.0 Å². The summed E-state index contributed by atoms with van der Waals surface area (Å²) in [5, 5.41) is 18.2. The van der Waals surface area contributed by atoms with Crippen LogP contribution in [0.25, 0.3) is 5.69 Å². The number of aromatic nitrogens is 1. The molecule has 0 spiro atoms. The van der Waals surface area contributed by atoms with Crippen LogP contribution in [-0.2, 0) is 17.8 Å². The van der Waals surface area contributed by atoms with Crippen LogP contribution in [0.1, 0.15) is 11.1 Å². The van der Waals surface area contributed by atoms with Crippen LogP contribution in [0.2, 0.25) is 0 Å². The maximum absolute atomic E-state index is 10.7. The molecule has 19 heavy (non-hydrogen) atoms. The number of nitrogens with two attached hydrogens (primary N) is 1. The van der Waals surface area contributed by atoms with Crippen molar-refractivity contribution in [1.82, 2.24) is 4.57 Å². The van der Waals surface area contributed by atoms with Crippen LogP contribution in [-0.4, -0.2) is 26.8 Å². The first-order valence-electron chi connectivity index (χ1n) is 5.96. The van der Waals surface area contributed by atoms with Crippen molar-refractivity contribution in [1.29, 1.82) is 0 Å². The molecular weight excluding hydrogens is 244 g/mol. The fraction of sp³-hybridized carbons (Fsp3) is 0.214. The summed E-state index contributed by atoms with van der Waals surface area (Å²) < 4.78 is 1.90. The Morgan fingerprint density at radius 3 is 2.58 bits per heavy atom. The summed E-state index contributed by atoms with van der Waals surface area (Å²) in [6.07, 6.45) is 4.02. The van der Waals surface area contributed by atoms with Gasteiger partial charge in [0, 0.05) is 18.0 Å². The Morgan fingerprint density at radius 2 is 2.00 bits per heavy atom. The molecule has 0 amide bonds. The van der Waals surface area contributed by atoms with E-state index in [9.17, 15) is 9.90 Å². The molecule has 1 heterocycles. The molecule has 0 aliphatic heterocycles. The number of aliphatic carboxylic acids is 1. The second-order valence-corrected chi connectivity index (χ2v) is 4.36. The topological polar surface area (TPSA) is 88.5 Å². The van der Waals surface area contributed by atoms with E-state index in [4.69, 9.17) is 10.8 Å². The van der Waals surface area contributed by atoms with Crippen molar-refractivity contribution in [3.8, 4) is 5.69 Å². The van der Waals surface area contributed by atoms with Crippen molar-refractivity contribution in [3.63, 3.8) is 0 Å². The molecule has 0 radical (unpaired) electrons. The van der Waals surface area contributed by atoms with E-state index in [0.29, 0.717) is 0 Å². The maximum Gasteiger partial charge on any atom is 0.320 e. The third-order valence-electron chi connectivity index (χ3n) is 2.97. The number of carbonyl (C=O) groups is 1. The van der Waals surface area contributed by atoms with Crippen LogP contribution in [0, 0.1) is 0 Å². The molecule has 1 aromatic carbocycles. The molecule has 1 aromatic heterocycles. The molecule has 100 valence electrons. The Balaban J connectivity index is 2.29. The lowest BCUT2D eigenvalue weighted by Crippen LogP contribution is -2.32. The monoisotopic (exact) mass is 260 g/mol. The predicted molar refractivity (Wildman–Crippen MR) is 71.0 cm³/mol.